The molecule has 0 saturated carbocycles. The minimum Gasteiger partial charge on any atom is -0.495 e. The summed E-state index contributed by atoms with van der Waals surface area (Å²) >= 11 is 1.37. The zero-order valence-corrected chi connectivity index (χ0v) is 15.4. The largest absolute Gasteiger partial charge is 0.495 e. The van der Waals surface area contributed by atoms with E-state index in [1.807, 2.05) is 30.3 Å². The zero-order chi connectivity index (χ0) is 18.5. The van der Waals surface area contributed by atoms with Gasteiger partial charge in [0.25, 0.3) is 0 Å². The second-order valence-electron chi connectivity index (χ2n) is 5.57. The van der Waals surface area contributed by atoms with Gasteiger partial charge in [0, 0.05) is 22.6 Å². The van der Waals surface area contributed by atoms with Gasteiger partial charge in [-0.1, -0.05) is 18.2 Å². The molecule has 0 unspecified atom stereocenters. The third-order valence-corrected chi connectivity index (χ3v) is 4.84. The van der Waals surface area contributed by atoms with Gasteiger partial charge in [-0.3, -0.25) is 9.59 Å². The number of hydrogen-bond acceptors (Lipinski definition) is 6. The maximum absolute atomic E-state index is 12.2. The molecule has 0 spiro atoms. The third kappa shape index (κ3) is 3.94. The number of ether oxygens (including phenoxy) is 2. The highest BCUT2D eigenvalue weighted by Crippen LogP contribution is 2.36. The fraction of sp³-hybridized carbons (Fsp3) is 0.263. The van der Waals surface area contributed by atoms with Gasteiger partial charge in [0.15, 0.2) is 0 Å². The van der Waals surface area contributed by atoms with Crippen LogP contribution in [0.5, 0.6) is 5.75 Å². The van der Waals surface area contributed by atoms with Crippen LogP contribution in [-0.2, 0) is 14.3 Å². The van der Waals surface area contributed by atoms with E-state index in [0.717, 1.165) is 16.4 Å². The van der Waals surface area contributed by atoms with Crippen LogP contribution in [0.1, 0.15) is 6.42 Å². The Balaban J connectivity index is 1.73. The van der Waals surface area contributed by atoms with Crippen molar-refractivity contribution in [2.45, 2.75) is 6.42 Å². The van der Waals surface area contributed by atoms with Crippen molar-refractivity contribution in [1.82, 2.24) is 0 Å². The minimum atomic E-state index is -0.282. The summed E-state index contributed by atoms with van der Waals surface area (Å²) in [6.45, 7) is 0. The van der Waals surface area contributed by atoms with Gasteiger partial charge in [-0.25, -0.2) is 0 Å². The van der Waals surface area contributed by atoms with Crippen molar-refractivity contribution >= 4 is 51.3 Å². The summed E-state index contributed by atoms with van der Waals surface area (Å²) in [5, 5.41) is 4.77. The number of anilines is 1. The number of rotatable bonds is 7. The number of para-hydroxylation sites is 1. The molecule has 1 amide bonds. The van der Waals surface area contributed by atoms with E-state index >= 15 is 0 Å². The smallest absolute Gasteiger partial charge is 0.306 e. The van der Waals surface area contributed by atoms with Crippen molar-refractivity contribution < 1.29 is 23.5 Å². The molecular weight excluding hydrogens is 354 g/mol. The number of fused-ring (bicyclic) bond motifs is 3. The molecule has 3 aromatic rings. The predicted molar refractivity (Wildman–Crippen MR) is 103 cm³/mol. The lowest BCUT2D eigenvalue weighted by Crippen LogP contribution is -2.15. The molecule has 6 nitrogen and oxygen atoms in total. The van der Waals surface area contributed by atoms with Crippen LogP contribution in [0.25, 0.3) is 21.9 Å². The van der Waals surface area contributed by atoms with Gasteiger partial charge in [-0.15, -0.1) is 0 Å². The Bertz CT molecular complexity index is 950. The number of carbonyl (C=O) groups is 2. The first-order valence-corrected chi connectivity index (χ1v) is 9.21. The van der Waals surface area contributed by atoms with Gasteiger partial charge >= 0.3 is 5.97 Å². The molecule has 0 aliphatic carbocycles. The number of benzene rings is 2. The van der Waals surface area contributed by atoms with Crippen molar-refractivity contribution in [2.24, 2.45) is 0 Å². The molecule has 1 N–H and O–H groups in total. The van der Waals surface area contributed by atoms with Gasteiger partial charge in [0.2, 0.25) is 5.91 Å². The van der Waals surface area contributed by atoms with Gasteiger partial charge in [0.05, 0.1) is 32.1 Å². The fourth-order valence-corrected chi connectivity index (χ4v) is 3.34. The van der Waals surface area contributed by atoms with Crippen LogP contribution in [0.3, 0.4) is 0 Å². The SMILES string of the molecule is COC(=O)CCSCC(=O)Nc1cc2oc3ccccc3c2cc1OC. The Kier molecular flexibility index (Phi) is 5.68. The predicted octanol–water partition coefficient (Wildman–Crippen LogP) is 3.83. The summed E-state index contributed by atoms with van der Waals surface area (Å²) < 4.78 is 15.8. The molecule has 136 valence electrons. The average molecular weight is 373 g/mol. The molecule has 0 radical (unpaired) electrons. The molecule has 1 heterocycles. The first-order valence-electron chi connectivity index (χ1n) is 8.06. The first kappa shape index (κ1) is 18.1. The van der Waals surface area contributed by atoms with E-state index in [-0.39, 0.29) is 24.1 Å². The van der Waals surface area contributed by atoms with Crippen molar-refractivity contribution in [3.8, 4) is 5.75 Å². The van der Waals surface area contributed by atoms with E-state index in [2.05, 4.69) is 10.1 Å². The van der Waals surface area contributed by atoms with Crippen molar-refractivity contribution in [3.05, 3.63) is 36.4 Å². The van der Waals surface area contributed by atoms with Crippen LogP contribution in [0.2, 0.25) is 0 Å². The molecule has 0 saturated heterocycles. The monoisotopic (exact) mass is 373 g/mol. The minimum absolute atomic E-state index is 0.173. The quantitative estimate of drug-likeness (QED) is 0.501. The summed E-state index contributed by atoms with van der Waals surface area (Å²) in [5.74, 6) is 0.874. The van der Waals surface area contributed by atoms with Crippen LogP contribution in [0.4, 0.5) is 5.69 Å². The third-order valence-electron chi connectivity index (χ3n) is 3.88. The van der Waals surface area contributed by atoms with Gasteiger partial charge in [-0.05, 0) is 12.1 Å². The van der Waals surface area contributed by atoms with E-state index < -0.39 is 0 Å². The lowest BCUT2D eigenvalue weighted by molar-refractivity contribution is -0.140. The standard InChI is InChI=1S/C19H19NO5S/c1-23-17-9-13-12-5-3-4-6-15(12)25-16(13)10-14(17)20-18(21)11-26-8-7-19(22)24-2/h3-6,9-10H,7-8,11H2,1-2H3,(H,20,21). The van der Waals surface area contributed by atoms with E-state index in [4.69, 9.17) is 9.15 Å². The van der Waals surface area contributed by atoms with E-state index in [9.17, 15) is 9.59 Å². The molecule has 1 aromatic heterocycles. The number of hydrogen-bond donors (Lipinski definition) is 1. The van der Waals surface area contributed by atoms with Gasteiger partial charge in [0.1, 0.15) is 16.9 Å². The summed E-state index contributed by atoms with van der Waals surface area (Å²) in [6.07, 6.45) is 0.280. The number of furan rings is 1. The number of amides is 1. The number of esters is 1. The number of thioether (sulfide) groups is 1. The van der Waals surface area contributed by atoms with Gasteiger partial charge in [-0.2, -0.15) is 11.8 Å². The second-order valence-corrected chi connectivity index (χ2v) is 6.68. The Morgan fingerprint density at radius 2 is 1.92 bits per heavy atom. The lowest BCUT2D eigenvalue weighted by atomic mass is 10.1. The maximum Gasteiger partial charge on any atom is 0.306 e. The molecule has 3 rings (SSSR count). The molecule has 7 heteroatoms. The second kappa shape index (κ2) is 8.14. The van der Waals surface area contributed by atoms with Crippen LogP contribution < -0.4 is 10.1 Å². The molecular formula is C19H19NO5S. The van der Waals surface area contributed by atoms with Crippen LogP contribution >= 0.6 is 11.8 Å². The molecule has 0 atom stereocenters. The Morgan fingerprint density at radius 1 is 1.12 bits per heavy atom. The molecule has 26 heavy (non-hydrogen) atoms. The normalized spacial score (nSPS) is 10.8. The topological polar surface area (TPSA) is 77.8 Å². The highest BCUT2D eigenvalue weighted by molar-refractivity contribution is 7.99. The zero-order valence-electron chi connectivity index (χ0n) is 14.5. The van der Waals surface area contributed by atoms with E-state index in [0.29, 0.717) is 22.8 Å². The summed E-state index contributed by atoms with van der Waals surface area (Å²) in [6, 6.07) is 11.4. The Morgan fingerprint density at radius 3 is 2.69 bits per heavy atom. The van der Waals surface area contributed by atoms with Crippen molar-refractivity contribution in [1.29, 1.82) is 0 Å². The number of carbonyl (C=O) groups excluding carboxylic acids is 2. The van der Waals surface area contributed by atoms with E-state index in [1.54, 1.807) is 13.2 Å². The summed E-state index contributed by atoms with van der Waals surface area (Å²) in [7, 11) is 2.91. The first-order chi connectivity index (χ1) is 12.6. The molecule has 0 fully saturated rings. The summed E-state index contributed by atoms with van der Waals surface area (Å²) in [5.41, 5.74) is 2.02. The number of nitrogens with one attached hydrogen (secondary N) is 1. The molecule has 0 aliphatic heterocycles. The number of methoxy groups -OCH3 is 2. The van der Waals surface area contributed by atoms with Gasteiger partial charge < -0.3 is 19.2 Å². The molecule has 2 aromatic carbocycles. The lowest BCUT2D eigenvalue weighted by Gasteiger charge is -2.10. The Labute approximate surface area is 154 Å². The van der Waals surface area contributed by atoms with Crippen molar-refractivity contribution in [3.63, 3.8) is 0 Å². The highest BCUT2D eigenvalue weighted by Gasteiger charge is 2.14. The van der Waals surface area contributed by atoms with Crippen LogP contribution in [0.15, 0.2) is 40.8 Å². The Hall–Kier alpha value is -2.67. The fourth-order valence-electron chi connectivity index (χ4n) is 2.63. The molecule has 0 aliphatic rings. The van der Waals surface area contributed by atoms with Crippen molar-refractivity contribution in [2.75, 3.05) is 31.0 Å². The highest BCUT2D eigenvalue weighted by atomic mass is 32.2. The van der Waals surface area contributed by atoms with E-state index in [1.165, 1.54) is 18.9 Å². The van der Waals surface area contributed by atoms with Crippen LogP contribution in [-0.4, -0.2) is 37.6 Å². The maximum atomic E-state index is 12.2. The van der Waals surface area contributed by atoms with Crippen LogP contribution in [0, 0.1) is 0 Å². The summed E-state index contributed by atoms with van der Waals surface area (Å²) in [4.78, 5) is 23.2. The molecule has 0 bridgehead atoms. The average Bonchev–Trinajstić information content (AvgIpc) is 3.01.